The van der Waals surface area contributed by atoms with Gasteiger partial charge in [0.05, 0.1) is 6.54 Å². The van der Waals surface area contributed by atoms with Gasteiger partial charge in [-0.05, 0) is 26.6 Å². The van der Waals surface area contributed by atoms with Crippen LogP contribution in [0.25, 0.3) is 0 Å². The lowest BCUT2D eigenvalue weighted by Gasteiger charge is -2.39. The fourth-order valence-electron chi connectivity index (χ4n) is 3.59. The van der Waals surface area contributed by atoms with Crippen molar-refractivity contribution < 1.29 is 14.3 Å². The molecule has 6 nitrogen and oxygen atoms in total. The number of hydrogen-bond acceptors (Lipinski definition) is 4. The largest absolute Gasteiger partial charge is 0.441 e. The Kier molecular flexibility index (Phi) is 4.49. The first-order valence-corrected chi connectivity index (χ1v) is 8.39. The van der Waals surface area contributed by atoms with Crippen molar-refractivity contribution in [2.24, 2.45) is 0 Å². The molecule has 1 N–H and O–H groups in total. The van der Waals surface area contributed by atoms with Crippen molar-refractivity contribution in [1.82, 2.24) is 15.1 Å². The van der Waals surface area contributed by atoms with Crippen LogP contribution in [0.3, 0.4) is 0 Å². The standard InChI is InChI=1S/C18H25N3O3/c1-13-5-4-6-14(11-13)15(20(2)3)16(22)21-9-7-18(8-10-21)12-19-17(23)24-18/h4-6,11,15H,7-10,12H2,1-3H3,(H,19,23). The molecule has 1 aromatic rings. The highest BCUT2D eigenvalue weighted by Gasteiger charge is 2.44. The van der Waals surface area contributed by atoms with Gasteiger partial charge in [-0.1, -0.05) is 29.8 Å². The van der Waals surface area contributed by atoms with E-state index in [1.807, 2.05) is 49.0 Å². The number of ether oxygens (including phenoxy) is 1. The summed E-state index contributed by atoms with van der Waals surface area (Å²) in [7, 11) is 3.86. The van der Waals surface area contributed by atoms with E-state index in [1.54, 1.807) is 0 Å². The first-order chi connectivity index (χ1) is 11.4. The maximum atomic E-state index is 13.1. The molecule has 0 aromatic heterocycles. The van der Waals surface area contributed by atoms with Crippen molar-refractivity contribution in [3.05, 3.63) is 35.4 Å². The molecule has 0 aliphatic carbocycles. The van der Waals surface area contributed by atoms with E-state index in [2.05, 4.69) is 11.4 Å². The average Bonchev–Trinajstić information content (AvgIpc) is 2.88. The van der Waals surface area contributed by atoms with Crippen LogP contribution < -0.4 is 5.32 Å². The molecule has 0 radical (unpaired) electrons. The lowest BCUT2D eigenvalue weighted by Crippen LogP contribution is -2.51. The topological polar surface area (TPSA) is 61.9 Å². The van der Waals surface area contributed by atoms with Crippen LogP contribution in [0, 0.1) is 6.92 Å². The molecule has 1 spiro atoms. The summed E-state index contributed by atoms with van der Waals surface area (Å²) >= 11 is 0. The van der Waals surface area contributed by atoms with Crippen LogP contribution in [0.4, 0.5) is 4.79 Å². The fraction of sp³-hybridized carbons (Fsp3) is 0.556. The van der Waals surface area contributed by atoms with Crippen LogP contribution in [0.1, 0.15) is 30.0 Å². The average molecular weight is 331 g/mol. The molecule has 3 rings (SSSR count). The molecule has 2 aliphatic rings. The molecule has 24 heavy (non-hydrogen) atoms. The number of likely N-dealkylation sites (tertiary alicyclic amines) is 1. The highest BCUT2D eigenvalue weighted by molar-refractivity contribution is 5.83. The molecule has 0 saturated carbocycles. The van der Waals surface area contributed by atoms with Crippen LogP contribution in [0.15, 0.2) is 24.3 Å². The smallest absolute Gasteiger partial charge is 0.407 e. The van der Waals surface area contributed by atoms with E-state index in [1.165, 1.54) is 0 Å². The summed E-state index contributed by atoms with van der Waals surface area (Å²) in [5, 5.41) is 2.72. The number of nitrogens with zero attached hydrogens (tertiary/aromatic N) is 2. The van der Waals surface area contributed by atoms with E-state index in [9.17, 15) is 9.59 Å². The Morgan fingerprint density at radius 1 is 1.33 bits per heavy atom. The molecular formula is C18H25N3O3. The lowest BCUT2D eigenvalue weighted by atomic mass is 9.91. The van der Waals surface area contributed by atoms with Gasteiger partial charge in [-0.2, -0.15) is 0 Å². The summed E-state index contributed by atoms with van der Waals surface area (Å²) in [5.41, 5.74) is 1.73. The summed E-state index contributed by atoms with van der Waals surface area (Å²) in [5.74, 6) is 0.109. The SMILES string of the molecule is Cc1cccc(C(C(=O)N2CCC3(CC2)CNC(=O)O3)N(C)C)c1. The van der Waals surface area contributed by atoms with Gasteiger partial charge in [0.1, 0.15) is 11.6 Å². The molecule has 6 heteroatoms. The zero-order chi connectivity index (χ0) is 17.3. The summed E-state index contributed by atoms with van der Waals surface area (Å²) in [6.45, 7) is 3.81. The molecule has 1 atom stereocenters. The van der Waals surface area contributed by atoms with Gasteiger partial charge in [0.15, 0.2) is 0 Å². The van der Waals surface area contributed by atoms with Crippen molar-refractivity contribution in [3.63, 3.8) is 0 Å². The zero-order valence-corrected chi connectivity index (χ0v) is 14.5. The number of piperidine rings is 1. The third-order valence-corrected chi connectivity index (χ3v) is 4.96. The van der Waals surface area contributed by atoms with E-state index in [0.29, 0.717) is 32.5 Å². The quantitative estimate of drug-likeness (QED) is 0.916. The van der Waals surface area contributed by atoms with E-state index in [0.717, 1.165) is 11.1 Å². The van der Waals surface area contributed by atoms with Crippen molar-refractivity contribution in [2.75, 3.05) is 33.7 Å². The van der Waals surface area contributed by atoms with Gasteiger partial charge >= 0.3 is 6.09 Å². The molecule has 2 fully saturated rings. The van der Waals surface area contributed by atoms with E-state index in [4.69, 9.17) is 4.74 Å². The van der Waals surface area contributed by atoms with Gasteiger partial charge in [0.25, 0.3) is 0 Å². The summed E-state index contributed by atoms with van der Waals surface area (Å²) in [4.78, 5) is 28.3. The number of rotatable bonds is 3. The van der Waals surface area contributed by atoms with E-state index in [-0.39, 0.29) is 18.0 Å². The number of hydrogen-bond donors (Lipinski definition) is 1. The summed E-state index contributed by atoms with van der Waals surface area (Å²) in [6.07, 6.45) is 1.03. The Morgan fingerprint density at radius 2 is 2.04 bits per heavy atom. The van der Waals surface area contributed by atoms with Crippen molar-refractivity contribution >= 4 is 12.0 Å². The van der Waals surface area contributed by atoms with Gasteiger partial charge in [-0.15, -0.1) is 0 Å². The Morgan fingerprint density at radius 3 is 2.58 bits per heavy atom. The number of carbonyl (C=O) groups is 2. The minimum Gasteiger partial charge on any atom is -0.441 e. The van der Waals surface area contributed by atoms with E-state index >= 15 is 0 Å². The number of carbonyl (C=O) groups excluding carboxylic acids is 2. The van der Waals surface area contributed by atoms with Crippen LogP contribution in [0.2, 0.25) is 0 Å². The second-order valence-electron chi connectivity index (χ2n) is 7.03. The Labute approximate surface area is 142 Å². The zero-order valence-electron chi connectivity index (χ0n) is 14.5. The first-order valence-electron chi connectivity index (χ1n) is 8.39. The van der Waals surface area contributed by atoms with Gasteiger partial charge in [0, 0.05) is 25.9 Å². The predicted octanol–water partition coefficient (Wildman–Crippen LogP) is 1.70. The molecule has 2 heterocycles. The Bertz CT molecular complexity index is 636. The van der Waals surface area contributed by atoms with Gasteiger partial charge in [-0.3, -0.25) is 9.69 Å². The molecule has 2 amide bonds. The minimum absolute atomic E-state index is 0.109. The van der Waals surface area contributed by atoms with Crippen molar-refractivity contribution in [2.45, 2.75) is 31.4 Å². The Balaban J connectivity index is 1.72. The maximum absolute atomic E-state index is 13.1. The normalized spacial score (nSPS) is 20.8. The van der Waals surface area contributed by atoms with Crippen molar-refractivity contribution in [1.29, 1.82) is 0 Å². The van der Waals surface area contributed by atoms with Crippen LogP contribution in [-0.4, -0.2) is 61.1 Å². The molecule has 1 unspecified atom stereocenters. The summed E-state index contributed by atoms with van der Waals surface area (Å²) < 4.78 is 5.43. The first kappa shape index (κ1) is 16.8. The molecular weight excluding hydrogens is 306 g/mol. The fourth-order valence-corrected chi connectivity index (χ4v) is 3.59. The minimum atomic E-state index is -0.426. The van der Waals surface area contributed by atoms with Gasteiger partial charge in [-0.25, -0.2) is 4.79 Å². The Hall–Kier alpha value is -2.08. The number of amides is 2. The number of alkyl carbamates (subject to hydrolysis) is 1. The van der Waals surface area contributed by atoms with Crippen LogP contribution in [-0.2, 0) is 9.53 Å². The number of aryl methyl sites for hydroxylation is 1. The molecule has 0 bridgehead atoms. The lowest BCUT2D eigenvalue weighted by molar-refractivity contribution is -0.139. The third-order valence-electron chi connectivity index (χ3n) is 4.96. The highest BCUT2D eigenvalue weighted by atomic mass is 16.6. The maximum Gasteiger partial charge on any atom is 0.407 e. The molecule has 2 saturated heterocycles. The second kappa shape index (κ2) is 6.43. The second-order valence-corrected chi connectivity index (χ2v) is 7.03. The monoisotopic (exact) mass is 331 g/mol. The third kappa shape index (κ3) is 3.24. The van der Waals surface area contributed by atoms with Crippen molar-refractivity contribution in [3.8, 4) is 0 Å². The number of benzene rings is 1. The molecule has 1 aromatic carbocycles. The molecule has 2 aliphatic heterocycles. The number of likely N-dealkylation sites (N-methyl/N-ethyl adjacent to an activating group) is 1. The predicted molar refractivity (Wildman–Crippen MR) is 90.6 cm³/mol. The highest BCUT2D eigenvalue weighted by Crippen LogP contribution is 2.31. The van der Waals surface area contributed by atoms with Crippen LogP contribution in [0.5, 0.6) is 0 Å². The van der Waals surface area contributed by atoms with Gasteiger partial charge < -0.3 is 15.0 Å². The summed E-state index contributed by atoms with van der Waals surface area (Å²) in [6, 6.07) is 7.80. The number of nitrogens with one attached hydrogen (secondary N) is 1. The van der Waals surface area contributed by atoms with Gasteiger partial charge in [0.2, 0.25) is 5.91 Å². The van der Waals surface area contributed by atoms with Crippen LogP contribution >= 0.6 is 0 Å². The molecule has 130 valence electrons. The van der Waals surface area contributed by atoms with E-state index < -0.39 is 5.60 Å².